The van der Waals surface area contributed by atoms with E-state index in [4.69, 9.17) is 5.73 Å². The van der Waals surface area contributed by atoms with Crippen molar-refractivity contribution in [2.45, 2.75) is 12.5 Å². The summed E-state index contributed by atoms with van der Waals surface area (Å²) in [6.07, 6.45) is 0.922. The molecule has 80 valence electrons. The standard InChI is InChI=1S/C11H15N3O/c1-14-10(5-6-13-11(14)15)8-3-2-4-9(12)7-8/h2-4,7,10H,5-6,12H2,1H3,(H,13,15). The molecule has 0 radical (unpaired) electrons. The Hall–Kier alpha value is -1.71. The first-order chi connectivity index (χ1) is 7.18. The molecule has 3 N–H and O–H groups in total. The summed E-state index contributed by atoms with van der Waals surface area (Å²) in [5.74, 6) is 0. The Kier molecular flexibility index (Phi) is 2.49. The van der Waals surface area contributed by atoms with Crippen LogP contribution in [0.1, 0.15) is 18.0 Å². The van der Waals surface area contributed by atoms with E-state index >= 15 is 0 Å². The summed E-state index contributed by atoms with van der Waals surface area (Å²) in [6.45, 7) is 0.725. The molecule has 1 heterocycles. The highest BCUT2D eigenvalue weighted by atomic mass is 16.2. The molecule has 0 saturated carbocycles. The number of nitrogens with one attached hydrogen (secondary N) is 1. The lowest BCUT2D eigenvalue weighted by Crippen LogP contribution is -2.45. The van der Waals surface area contributed by atoms with Crippen molar-refractivity contribution in [2.75, 3.05) is 19.3 Å². The van der Waals surface area contributed by atoms with E-state index in [9.17, 15) is 4.79 Å². The third kappa shape index (κ3) is 1.88. The van der Waals surface area contributed by atoms with E-state index in [1.54, 1.807) is 4.90 Å². The molecule has 1 aliphatic rings. The molecular formula is C11H15N3O. The highest BCUT2D eigenvalue weighted by Gasteiger charge is 2.25. The molecule has 0 spiro atoms. The summed E-state index contributed by atoms with van der Waals surface area (Å²) in [5.41, 5.74) is 7.57. The summed E-state index contributed by atoms with van der Waals surface area (Å²) in [5, 5.41) is 2.80. The summed E-state index contributed by atoms with van der Waals surface area (Å²) < 4.78 is 0. The van der Waals surface area contributed by atoms with Crippen molar-refractivity contribution in [3.05, 3.63) is 29.8 Å². The van der Waals surface area contributed by atoms with Gasteiger partial charge in [0, 0.05) is 19.3 Å². The van der Waals surface area contributed by atoms with Crippen molar-refractivity contribution in [3.63, 3.8) is 0 Å². The molecule has 1 unspecified atom stereocenters. The van der Waals surface area contributed by atoms with Crippen LogP contribution in [-0.4, -0.2) is 24.5 Å². The van der Waals surface area contributed by atoms with Crippen LogP contribution in [0.3, 0.4) is 0 Å². The molecule has 1 aromatic rings. The maximum atomic E-state index is 11.4. The van der Waals surface area contributed by atoms with Crippen molar-refractivity contribution in [1.82, 2.24) is 10.2 Å². The van der Waals surface area contributed by atoms with Crippen LogP contribution >= 0.6 is 0 Å². The van der Waals surface area contributed by atoms with E-state index in [0.29, 0.717) is 0 Å². The van der Waals surface area contributed by atoms with Crippen molar-refractivity contribution >= 4 is 11.7 Å². The fourth-order valence-corrected chi connectivity index (χ4v) is 1.93. The van der Waals surface area contributed by atoms with Gasteiger partial charge >= 0.3 is 6.03 Å². The number of benzene rings is 1. The average molecular weight is 205 g/mol. The number of nitrogens with two attached hydrogens (primary N) is 1. The van der Waals surface area contributed by atoms with Gasteiger partial charge in [-0.15, -0.1) is 0 Å². The predicted molar refractivity (Wildman–Crippen MR) is 59.4 cm³/mol. The second-order valence-electron chi connectivity index (χ2n) is 3.82. The zero-order chi connectivity index (χ0) is 10.8. The minimum atomic E-state index is -0.0197. The van der Waals surface area contributed by atoms with Crippen molar-refractivity contribution in [2.24, 2.45) is 0 Å². The fraction of sp³-hybridized carbons (Fsp3) is 0.364. The largest absolute Gasteiger partial charge is 0.399 e. The van der Waals surface area contributed by atoms with E-state index in [1.807, 2.05) is 31.3 Å². The van der Waals surface area contributed by atoms with E-state index in [-0.39, 0.29) is 12.1 Å². The zero-order valence-electron chi connectivity index (χ0n) is 8.73. The number of nitrogens with zero attached hydrogens (tertiary/aromatic N) is 1. The van der Waals surface area contributed by atoms with E-state index in [0.717, 1.165) is 24.2 Å². The number of hydrogen-bond donors (Lipinski definition) is 2. The molecular weight excluding hydrogens is 190 g/mol. The number of carbonyl (C=O) groups is 1. The lowest BCUT2D eigenvalue weighted by atomic mass is 10.0. The third-order valence-electron chi connectivity index (χ3n) is 2.78. The van der Waals surface area contributed by atoms with Crippen LogP contribution in [0.5, 0.6) is 0 Å². The summed E-state index contributed by atoms with van der Waals surface area (Å²) in [7, 11) is 1.81. The quantitative estimate of drug-likeness (QED) is 0.680. The smallest absolute Gasteiger partial charge is 0.317 e. The van der Waals surface area contributed by atoms with Crippen LogP contribution in [0.4, 0.5) is 10.5 Å². The lowest BCUT2D eigenvalue weighted by Gasteiger charge is -2.33. The molecule has 1 aromatic carbocycles. The number of carbonyl (C=O) groups excluding carboxylic acids is 1. The Balaban J connectivity index is 2.26. The Morgan fingerprint density at radius 2 is 2.33 bits per heavy atom. The van der Waals surface area contributed by atoms with Gasteiger partial charge in [0.15, 0.2) is 0 Å². The van der Waals surface area contributed by atoms with Crippen LogP contribution in [0, 0.1) is 0 Å². The number of rotatable bonds is 1. The van der Waals surface area contributed by atoms with Gasteiger partial charge in [0.05, 0.1) is 6.04 Å². The summed E-state index contributed by atoms with van der Waals surface area (Å²) >= 11 is 0. The Morgan fingerprint density at radius 1 is 1.53 bits per heavy atom. The summed E-state index contributed by atoms with van der Waals surface area (Å²) in [6, 6.07) is 7.84. The molecule has 15 heavy (non-hydrogen) atoms. The van der Waals surface area contributed by atoms with Gasteiger partial charge in [-0.2, -0.15) is 0 Å². The van der Waals surface area contributed by atoms with E-state index in [1.165, 1.54) is 0 Å². The molecule has 4 nitrogen and oxygen atoms in total. The van der Waals surface area contributed by atoms with Gasteiger partial charge < -0.3 is 16.0 Å². The van der Waals surface area contributed by atoms with Crippen molar-refractivity contribution in [1.29, 1.82) is 0 Å². The maximum Gasteiger partial charge on any atom is 0.317 e. The molecule has 1 fully saturated rings. The van der Waals surface area contributed by atoms with Crippen molar-refractivity contribution < 1.29 is 4.79 Å². The highest BCUT2D eigenvalue weighted by molar-refractivity contribution is 5.75. The van der Waals surface area contributed by atoms with Crippen LogP contribution in [0.25, 0.3) is 0 Å². The SMILES string of the molecule is CN1C(=O)NCCC1c1cccc(N)c1. The molecule has 0 aromatic heterocycles. The molecule has 1 atom stereocenters. The Labute approximate surface area is 89.1 Å². The molecule has 0 aliphatic carbocycles. The normalized spacial score (nSPS) is 21.3. The van der Waals surface area contributed by atoms with Gasteiger partial charge in [0.25, 0.3) is 0 Å². The molecule has 2 amide bonds. The molecule has 1 saturated heterocycles. The van der Waals surface area contributed by atoms with Gasteiger partial charge in [-0.25, -0.2) is 4.79 Å². The minimum absolute atomic E-state index is 0.0197. The topological polar surface area (TPSA) is 58.4 Å². The predicted octanol–water partition coefficient (Wildman–Crippen LogP) is 1.36. The molecule has 1 aliphatic heterocycles. The van der Waals surface area contributed by atoms with Crippen LogP contribution in [0.2, 0.25) is 0 Å². The van der Waals surface area contributed by atoms with Crippen LogP contribution in [-0.2, 0) is 0 Å². The molecule has 2 rings (SSSR count). The van der Waals surface area contributed by atoms with Crippen molar-refractivity contribution in [3.8, 4) is 0 Å². The number of anilines is 1. The van der Waals surface area contributed by atoms with Crippen LogP contribution < -0.4 is 11.1 Å². The first-order valence-corrected chi connectivity index (χ1v) is 5.04. The highest BCUT2D eigenvalue weighted by Crippen LogP contribution is 2.26. The minimum Gasteiger partial charge on any atom is -0.399 e. The van der Waals surface area contributed by atoms with Gasteiger partial charge in [0.1, 0.15) is 0 Å². The van der Waals surface area contributed by atoms with Gasteiger partial charge in [-0.05, 0) is 24.1 Å². The van der Waals surface area contributed by atoms with Gasteiger partial charge in [-0.3, -0.25) is 0 Å². The number of nitrogen functional groups attached to an aromatic ring is 1. The zero-order valence-corrected chi connectivity index (χ0v) is 8.73. The fourth-order valence-electron chi connectivity index (χ4n) is 1.93. The second kappa shape index (κ2) is 3.81. The number of urea groups is 1. The Bertz CT molecular complexity index is 378. The van der Waals surface area contributed by atoms with Gasteiger partial charge in [0.2, 0.25) is 0 Å². The maximum absolute atomic E-state index is 11.4. The lowest BCUT2D eigenvalue weighted by molar-refractivity contribution is 0.172. The number of hydrogen-bond acceptors (Lipinski definition) is 2. The summed E-state index contributed by atoms with van der Waals surface area (Å²) in [4.78, 5) is 13.2. The average Bonchev–Trinajstić information content (AvgIpc) is 2.22. The Morgan fingerprint density at radius 3 is 3.07 bits per heavy atom. The molecule has 0 bridgehead atoms. The van der Waals surface area contributed by atoms with E-state index < -0.39 is 0 Å². The first kappa shape index (κ1) is 9.83. The van der Waals surface area contributed by atoms with E-state index in [2.05, 4.69) is 5.32 Å². The first-order valence-electron chi connectivity index (χ1n) is 5.04. The van der Waals surface area contributed by atoms with Gasteiger partial charge in [-0.1, -0.05) is 12.1 Å². The second-order valence-corrected chi connectivity index (χ2v) is 3.82. The third-order valence-corrected chi connectivity index (χ3v) is 2.78. The number of amides is 2. The molecule has 4 heteroatoms. The van der Waals surface area contributed by atoms with Crippen LogP contribution in [0.15, 0.2) is 24.3 Å². The monoisotopic (exact) mass is 205 g/mol.